The maximum atomic E-state index is 12.3. The molecule has 0 unspecified atom stereocenters. The molecule has 4 nitrogen and oxygen atoms in total. The van der Waals surface area contributed by atoms with Gasteiger partial charge in [0.25, 0.3) is 5.91 Å². The van der Waals surface area contributed by atoms with Crippen LogP contribution in [0.3, 0.4) is 0 Å². The van der Waals surface area contributed by atoms with E-state index in [0.29, 0.717) is 24.3 Å². The van der Waals surface area contributed by atoms with Gasteiger partial charge in [0.1, 0.15) is 5.54 Å². The van der Waals surface area contributed by atoms with Crippen molar-refractivity contribution in [2.45, 2.75) is 44.6 Å². The van der Waals surface area contributed by atoms with Crippen molar-refractivity contribution in [1.29, 1.82) is 0 Å². The number of carboxylic acids is 1. The number of carboxylic acid groups (broad SMARTS) is 1. The Morgan fingerprint density at radius 3 is 2.33 bits per heavy atom. The molecule has 0 aliphatic heterocycles. The number of benzene rings is 1. The van der Waals surface area contributed by atoms with Gasteiger partial charge in [-0.1, -0.05) is 13.3 Å². The van der Waals surface area contributed by atoms with Gasteiger partial charge < -0.3 is 10.4 Å². The number of carbonyl (C=O) groups is 2. The summed E-state index contributed by atoms with van der Waals surface area (Å²) in [6.07, 6.45) is 3.81. The maximum Gasteiger partial charge on any atom is 0.329 e. The van der Waals surface area contributed by atoms with E-state index in [0.717, 1.165) is 22.8 Å². The third-order valence-corrected chi connectivity index (χ3v) is 5.12. The van der Waals surface area contributed by atoms with Crippen molar-refractivity contribution in [1.82, 2.24) is 5.32 Å². The first kappa shape index (κ1) is 16.3. The van der Waals surface area contributed by atoms with Gasteiger partial charge in [-0.15, -0.1) is 0 Å². The van der Waals surface area contributed by atoms with Crippen LogP contribution in [0, 0.1) is 9.49 Å². The van der Waals surface area contributed by atoms with Crippen molar-refractivity contribution in [2.24, 2.45) is 5.92 Å². The quantitative estimate of drug-likeness (QED) is 0.760. The largest absolute Gasteiger partial charge is 0.480 e. The van der Waals surface area contributed by atoms with Crippen molar-refractivity contribution in [2.75, 3.05) is 0 Å². The van der Waals surface area contributed by atoms with Crippen molar-refractivity contribution in [3.05, 3.63) is 33.4 Å². The summed E-state index contributed by atoms with van der Waals surface area (Å²) in [5.74, 6) is -0.646. The first-order valence-electron chi connectivity index (χ1n) is 7.28. The Bertz CT molecular complexity index is 519. The second kappa shape index (κ2) is 6.77. The lowest BCUT2D eigenvalue weighted by Crippen LogP contribution is -2.56. The van der Waals surface area contributed by atoms with Crippen LogP contribution in [0.5, 0.6) is 0 Å². The fourth-order valence-corrected chi connectivity index (χ4v) is 3.22. The number of aliphatic carboxylic acids is 1. The van der Waals surface area contributed by atoms with Crippen LogP contribution in [0.25, 0.3) is 0 Å². The van der Waals surface area contributed by atoms with Crippen molar-refractivity contribution >= 4 is 34.5 Å². The topological polar surface area (TPSA) is 66.4 Å². The van der Waals surface area contributed by atoms with E-state index >= 15 is 0 Å². The Kier molecular flexibility index (Phi) is 5.24. The van der Waals surface area contributed by atoms with Gasteiger partial charge in [0.05, 0.1) is 0 Å². The average molecular weight is 401 g/mol. The number of halogens is 1. The standard InChI is InChI=1S/C16H20INO3/c1-2-11-7-9-16(10-8-11,15(20)21)18-14(19)12-3-5-13(17)6-4-12/h3-6,11H,2,7-10H2,1H3,(H,18,19)(H,20,21). The van der Waals surface area contributed by atoms with E-state index in [1.807, 2.05) is 12.1 Å². The second-order valence-electron chi connectivity index (χ2n) is 5.70. The molecule has 0 aromatic heterocycles. The monoisotopic (exact) mass is 401 g/mol. The van der Waals surface area contributed by atoms with E-state index in [1.165, 1.54) is 0 Å². The van der Waals surface area contributed by atoms with Gasteiger partial charge in [-0.25, -0.2) is 4.79 Å². The normalized spacial score (nSPS) is 25.3. The molecular formula is C16H20INO3. The zero-order chi connectivity index (χ0) is 15.5. The highest BCUT2D eigenvalue weighted by Crippen LogP contribution is 2.34. The zero-order valence-corrected chi connectivity index (χ0v) is 14.2. The summed E-state index contributed by atoms with van der Waals surface area (Å²) in [5.41, 5.74) is -0.597. The smallest absolute Gasteiger partial charge is 0.329 e. The summed E-state index contributed by atoms with van der Waals surface area (Å²) in [5, 5.41) is 12.3. The van der Waals surface area contributed by atoms with Crippen LogP contribution < -0.4 is 5.32 Å². The summed E-state index contributed by atoms with van der Waals surface area (Å²) in [6.45, 7) is 2.13. The highest BCUT2D eigenvalue weighted by atomic mass is 127. The molecular weight excluding hydrogens is 381 g/mol. The summed E-state index contributed by atoms with van der Waals surface area (Å²) < 4.78 is 1.04. The number of nitrogens with one attached hydrogen (secondary N) is 1. The summed E-state index contributed by atoms with van der Waals surface area (Å²) in [4.78, 5) is 24.0. The molecule has 2 N–H and O–H groups in total. The second-order valence-corrected chi connectivity index (χ2v) is 6.95. The first-order valence-corrected chi connectivity index (χ1v) is 8.36. The van der Waals surface area contributed by atoms with E-state index in [-0.39, 0.29) is 5.91 Å². The van der Waals surface area contributed by atoms with E-state index < -0.39 is 11.5 Å². The fraction of sp³-hybridized carbons (Fsp3) is 0.500. The van der Waals surface area contributed by atoms with Gasteiger partial charge in [0.15, 0.2) is 0 Å². The Morgan fingerprint density at radius 1 is 1.29 bits per heavy atom. The van der Waals surface area contributed by atoms with Crippen LogP contribution in [-0.4, -0.2) is 22.5 Å². The van der Waals surface area contributed by atoms with Crippen LogP contribution in [-0.2, 0) is 4.79 Å². The maximum absolute atomic E-state index is 12.3. The molecule has 0 radical (unpaired) electrons. The molecule has 1 aliphatic carbocycles. The molecule has 0 atom stereocenters. The van der Waals surface area contributed by atoms with Gasteiger partial charge in [-0.3, -0.25) is 4.79 Å². The highest BCUT2D eigenvalue weighted by Gasteiger charge is 2.43. The molecule has 1 aliphatic rings. The molecule has 0 spiro atoms. The third-order valence-electron chi connectivity index (χ3n) is 4.40. The average Bonchev–Trinajstić information content (AvgIpc) is 2.48. The molecule has 0 heterocycles. The molecule has 2 rings (SSSR count). The van der Waals surface area contributed by atoms with E-state index in [4.69, 9.17) is 0 Å². The fourth-order valence-electron chi connectivity index (χ4n) is 2.86. The van der Waals surface area contributed by atoms with Crippen LogP contribution in [0.15, 0.2) is 24.3 Å². The number of amides is 1. The molecule has 1 amide bonds. The van der Waals surface area contributed by atoms with Gasteiger partial charge >= 0.3 is 5.97 Å². The number of carbonyl (C=O) groups excluding carboxylic acids is 1. The lowest BCUT2D eigenvalue weighted by molar-refractivity contribution is -0.146. The number of hydrogen-bond acceptors (Lipinski definition) is 2. The Labute approximate surface area is 138 Å². The Balaban J connectivity index is 2.12. The zero-order valence-electron chi connectivity index (χ0n) is 12.1. The molecule has 0 saturated heterocycles. The predicted octanol–water partition coefficient (Wildman–Crippen LogP) is 3.44. The Morgan fingerprint density at radius 2 is 1.86 bits per heavy atom. The van der Waals surface area contributed by atoms with Gasteiger partial charge in [-0.2, -0.15) is 0 Å². The van der Waals surface area contributed by atoms with Crippen LogP contribution in [0.2, 0.25) is 0 Å². The van der Waals surface area contributed by atoms with Gasteiger partial charge in [-0.05, 0) is 78.5 Å². The first-order chi connectivity index (χ1) is 9.97. The number of hydrogen-bond donors (Lipinski definition) is 2. The minimum atomic E-state index is -1.11. The van der Waals surface area contributed by atoms with E-state index in [1.54, 1.807) is 12.1 Å². The molecule has 1 aromatic rings. The Hall–Kier alpha value is -1.11. The molecule has 5 heteroatoms. The van der Waals surface area contributed by atoms with Gasteiger partial charge in [0.2, 0.25) is 0 Å². The highest BCUT2D eigenvalue weighted by molar-refractivity contribution is 14.1. The molecule has 114 valence electrons. The predicted molar refractivity (Wildman–Crippen MR) is 89.2 cm³/mol. The third kappa shape index (κ3) is 3.75. The van der Waals surface area contributed by atoms with Crippen LogP contribution in [0.1, 0.15) is 49.4 Å². The number of rotatable bonds is 4. The summed E-state index contributed by atoms with van der Waals surface area (Å²) in [6, 6.07) is 7.14. The van der Waals surface area contributed by atoms with Crippen molar-refractivity contribution in [3.8, 4) is 0 Å². The molecule has 1 aromatic carbocycles. The lowest BCUT2D eigenvalue weighted by Gasteiger charge is -2.37. The van der Waals surface area contributed by atoms with Crippen LogP contribution >= 0.6 is 22.6 Å². The SMILES string of the molecule is CCC1CCC(NC(=O)c2ccc(I)cc2)(C(=O)O)CC1. The molecule has 0 bridgehead atoms. The van der Waals surface area contributed by atoms with E-state index in [9.17, 15) is 14.7 Å². The summed E-state index contributed by atoms with van der Waals surface area (Å²) >= 11 is 2.17. The van der Waals surface area contributed by atoms with Crippen molar-refractivity contribution < 1.29 is 14.7 Å². The van der Waals surface area contributed by atoms with E-state index in [2.05, 4.69) is 34.8 Å². The molecule has 1 saturated carbocycles. The minimum Gasteiger partial charge on any atom is -0.480 e. The molecule has 1 fully saturated rings. The van der Waals surface area contributed by atoms with Crippen LogP contribution in [0.4, 0.5) is 0 Å². The van der Waals surface area contributed by atoms with Crippen molar-refractivity contribution in [3.63, 3.8) is 0 Å². The van der Waals surface area contributed by atoms with Gasteiger partial charge in [0, 0.05) is 9.13 Å². The minimum absolute atomic E-state index is 0.302. The lowest BCUT2D eigenvalue weighted by atomic mass is 9.75. The summed E-state index contributed by atoms with van der Waals surface area (Å²) in [7, 11) is 0. The molecule has 21 heavy (non-hydrogen) atoms.